The van der Waals surface area contributed by atoms with Crippen LogP contribution in [0.1, 0.15) is 12.8 Å². The molecule has 1 atom stereocenters. The smallest absolute Gasteiger partial charge is 0.325 e. The maximum atomic E-state index is 12.9. The molecule has 0 spiro atoms. The van der Waals surface area contributed by atoms with E-state index in [0.717, 1.165) is 18.5 Å². The van der Waals surface area contributed by atoms with Crippen LogP contribution >= 0.6 is 11.6 Å². The third-order valence-electron chi connectivity index (χ3n) is 5.37. The Bertz CT molecular complexity index is 942. The first-order valence-corrected chi connectivity index (χ1v) is 10.5. The predicted molar refractivity (Wildman–Crippen MR) is 115 cm³/mol. The van der Waals surface area contributed by atoms with Crippen LogP contribution in [0.5, 0.6) is 11.9 Å². The number of halogens is 1. The van der Waals surface area contributed by atoms with E-state index >= 15 is 0 Å². The van der Waals surface area contributed by atoms with E-state index < -0.39 is 0 Å². The number of ether oxygens (including phenoxy) is 2. The summed E-state index contributed by atoms with van der Waals surface area (Å²) in [5.41, 5.74) is 0.774. The fourth-order valence-electron chi connectivity index (χ4n) is 3.77. The van der Waals surface area contributed by atoms with Gasteiger partial charge in [0.2, 0.25) is 11.8 Å². The molecule has 3 amide bonds. The standard InChI is InChI=1S/C21H24ClN5O4/c1-30-20-23-9-8-18(24-20)31-17-3-2-10-25(13-17)19(28)14-26-11-12-27(21(26)29)16-6-4-15(22)5-7-16/h4-9,17H,2-3,10-14H2,1H3. The van der Waals surface area contributed by atoms with E-state index in [0.29, 0.717) is 37.1 Å². The lowest BCUT2D eigenvalue weighted by molar-refractivity contribution is -0.134. The summed E-state index contributed by atoms with van der Waals surface area (Å²) in [6, 6.07) is 8.84. The van der Waals surface area contributed by atoms with Crippen LogP contribution in [0.3, 0.4) is 0 Å². The highest BCUT2D eigenvalue weighted by Gasteiger charge is 2.33. The number of likely N-dealkylation sites (tertiary alicyclic amines) is 1. The largest absolute Gasteiger partial charge is 0.472 e. The first-order valence-electron chi connectivity index (χ1n) is 10.2. The van der Waals surface area contributed by atoms with Crippen LogP contribution in [0.15, 0.2) is 36.5 Å². The summed E-state index contributed by atoms with van der Waals surface area (Å²) in [6.07, 6.45) is 3.04. The van der Waals surface area contributed by atoms with Crippen LogP contribution in [-0.4, -0.2) is 77.6 Å². The van der Waals surface area contributed by atoms with E-state index in [1.165, 1.54) is 7.11 Å². The summed E-state index contributed by atoms with van der Waals surface area (Å²) < 4.78 is 10.9. The lowest BCUT2D eigenvalue weighted by Gasteiger charge is -2.33. The number of aromatic nitrogens is 2. The summed E-state index contributed by atoms with van der Waals surface area (Å²) in [7, 11) is 1.49. The molecule has 31 heavy (non-hydrogen) atoms. The lowest BCUT2D eigenvalue weighted by atomic mass is 10.1. The second-order valence-corrected chi connectivity index (χ2v) is 7.87. The molecule has 0 radical (unpaired) electrons. The maximum absolute atomic E-state index is 12.9. The number of carbonyl (C=O) groups excluding carboxylic acids is 2. The van der Waals surface area contributed by atoms with Crippen LogP contribution in [0, 0.1) is 0 Å². The molecule has 9 nitrogen and oxygen atoms in total. The number of hydrogen-bond donors (Lipinski definition) is 0. The molecule has 164 valence electrons. The van der Waals surface area contributed by atoms with Gasteiger partial charge in [-0.2, -0.15) is 4.98 Å². The number of nitrogens with zero attached hydrogens (tertiary/aromatic N) is 5. The molecule has 2 fully saturated rings. The minimum atomic E-state index is -0.173. The van der Waals surface area contributed by atoms with Crippen LogP contribution < -0.4 is 14.4 Å². The topological polar surface area (TPSA) is 88.1 Å². The summed E-state index contributed by atoms with van der Waals surface area (Å²) >= 11 is 5.93. The van der Waals surface area contributed by atoms with Crippen molar-refractivity contribution in [1.82, 2.24) is 19.8 Å². The lowest BCUT2D eigenvalue weighted by Crippen LogP contribution is -2.48. The molecule has 0 aliphatic carbocycles. The zero-order valence-corrected chi connectivity index (χ0v) is 18.0. The van der Waals surface area contributed by atoms with Crippen LogP contribution in [0.2, 0.25) is 5.02 Å². The first-order chi connectivity index (χ1) is 15.0. The van der Waals surface area contributed by atoms with Crippen LogP contribution in [-0.2, 0) is 4.79 Å². The number of hydrogen-bond acceptors (Lipinski definition) is 6. The molecule has 2 aliphatic heterocycles. The van der Waals surface area contributed by atoms with E-state index in [-0.39, 0.29) is 30.6 Å². The molecule has 4 rings (SSSR count). The monoisotopic (exact) mass is 445 g/mol. The predicted octanol–water partition coefficient (Wildman–Crippen LogP) is 2.45. The number of benzene rings is 1. The number of anilines is 1. The number of methoxy groups -OCH3 is 1. The van der Waals surface area contributed by atoms with Gasteiger partial charge in [0.1, 0.15) is 12.6 Å². The summed E-state index contributed by atoms with van der Waals surface area (Å²) in [5, 5.41) is 0.615. The molecular formula is C21H24ClN5O4. The maximum Gasteiger partial charge on any atom is 0.325 e. The van der Waals surface area contributed by atoms with Crippen LogP contribution in [0.4, 0.5) is 10.5 Å². The van der Waals surface area contributed by atoms with Crippen molar-refractivity contribution < 1.29 is 19.1 Å². The summed E-state index contributed by atoms with van der Waals surface area (Å²) in [6.45, 7) is 2.19. The van der Waals surface area contributed by atoms with E-state index in [1.54, 1.807) is 51.2 Å². The van der Waals surface area contributed by atoms with Gasteiger partial charge in [-0.3, -0.25) is 9.69 Å². The average molecular weight is 446 g/mol. The third-order valence-corrected chi connectivity index (χ3v) is 5.62. The van der Waals surface area contributed by atoms with Crippen molar-refractivity contribution in [2.24, 2.45) is 0 Å². The number of piperidine rings is 1. The normalized spacial score (nSPS) is 19.0. The van der Waals surface area contributed by atoms with Crippen molar-refractivity contribution >= 4 is 29.2 Å². The molecule has 0 saturated carbocycles. The minimum Gasteiger partial charge on any atom is -0.472 e. The van der Waals surface area contributed by atoms with Gasteiger partial charge in [-0.25, -0.2) is 9.78 Å². The molecule has 10 heteroatoms. The van der Waals surface area contributed by atoms with Gasteiger partial charge in [0, 0.05) is 42.6 Å². The van der Waals surface area contributed by atoms with Gasteiger partial charge in [-0.05, 0) is 37.1 Å². The molecular weight excluding hydrogens is 422 g/mol. The highest BCUT2D eigenvalue weighted by molar-refractivity contribution is 6.30. The van der Waals surface area contributed by atoms with Gasteiger partial charge in [0.05, 0.1) is 13.7 Å². The van der Waals surface area contributed by atoms with Crippen molar-refractivity contribution in [3.8, 4) is 11.9 Å². The van der Waals surface area contributed by atoms with Gasteiger partial charge in [-0.1, -0.05) is 11.6 Å². The fraction of sp³-hybridized carbons (Fsp3) is 0.429. The highest BCUT2D eigenvalue weighted by atomic mass is 35.5. The van der Waals surface area contributed by atoms with E-state index in [9.17, 15) is 9.59 Å². The third kappa shape index (κ3) is 4.99. The second-order valence-electron chi connectivity index (χ2n) is 7.44. The number of carbonyl (C=O) groups is 2. The first kappa shape index (κ1) is 21.2. The van der Waals surface area contributed by atoms with Crippen LogP contribution in [0.25, 0.3) is 0 Å². The Morgan fingerprint density at radius 2 is 2.00 bits per heavy atom. The van der Waals surface area contributed by atoms with Gasteiger partial charge in [0.15, 0.2) is 0 Å². The Hall–Kier alpha value is -3.07. The Morgan fingerprint density at radius 3 is 2.77 bits per heavy atom. The Balaban J connectivity index is 1.33. The Morgan fingerprint density at radius 1 is 1.19 bits per heavy atom. The van der Waals surface area contributed by atoms with E-state index in [4.69, 9.17) is 21.1 Å². The summed E-state index contributed by atoms with van der Waals surface area (Å²) in [4.78, 5) is 38.8. The zero-order valence-electron chi connectivity index (χ0n) is 17.2. The molecule has 3 heterocycles. The van der Waals surface area contributed by atoms with Crippen molar-refractivity contribution in [2.75, 3.05) is 44.7 Å². The van der Waals surface area contributed by atoms with Gasteiger partial charge >= 0.3 is 12.0 Å². The highest BCUT2D eigenvalue weighted by Crippen LogP contribution is 2.23. The second kappa shape index (κ2) is 9.38. The number of urea groups is 1. The van der Waals surface area contributed by atoms with Crippen molar-refractivity contribution in [2.45, 2.75) is 18.9 Å². The quantitative estimate of drug-likeness (QED) is 0.678. The molecule has 2 aliphatic rings. The molecule has 0 bridgehead atoms. The van der Waals surface area contributed by atoms with Crippen molar-refractivity contribution in [3.63, 3.8) is 0 Å². The SMILES string of the molecule is COc1nccc(OC2CCCN(C(=O)CN3CCN(c4ccc(Cl)cc4)C3=O)C2)n1. The van der Waals surface area contributed by atoms with Crippen molar-refractivity contribution in [3.05, 3.63) is 41.6 Å². The van der Waals surface area contributed by atoms with Crippen molar-refractivity contribution in [1.29, 1.82) is 0 Å². The molecule has 1 aromatic heterocycles. The number of amides is 3. The Labute approximate surface area is 185 Å². The fourth-order valence-corrected chi connectivity index (χ4v) is 3.90. The molecule has 1 unspecified atom stereocenters. The average Bonchev–Trinajstić information content (AvgIpc) is 3.14. The minimum absolute atomic E-state index is 0.0526. The molecule has 2 aromatic rings. The van der Waals surface area contributed by atoms with E-state index in [1.807, 2.05) is 0 Å². The zero-order chi connectivity index (χ0) is 21.8. The molecule has 0 N–H and O–H groups in total. The van der Waals surface area contributed by atoms with Gasteiger partial charge in [0.25, 0.3) is 0 Å². The van der Waals surface area contributed by atoms with Gasteiger partial charge < -0.3 is 19.3 Å². The molecule has 1 aromatic carbocycles. The Kier molecular flexibility index (Phi) is 6.41. The summed E-state index contributed by atoms with van der Waals surface area (Å²) in [5.74, 6) is 0.333. The molecule has 2 saturated heterocycles. The van der Waals surface area contributed by atoms with E-state index in [2.05, 4.69) is 9.97 Å². The van der Waals surface area contributed by atoms with Gasteiger partial charge in [-0.15, -0.1) is 0 Å². The number of rotatable bonds is 6.